The van der Waals surface area contributed by atoms with E-state index >= 15 is 0 Å². The number of likely N-dealkylation sites (tertiary alicyclic amines) is 1. The molecular formula is C16H23N5O2. The fourth-order valence-electron chi connectivity index (χ4n) is 3.30. The Morgan fingerprint density at radius 1 is 1.48 bits per heavy atom. The van der Waals surface area contributed by atoms with Gasteiger partial charge in [-0.05, 0) is 26.0 Å². The van der Waals surface area contributed by atoms with Crippen molar-refractivity contribution in [3.63, 3.8) is 0 Å². The Bertz CT molecular complexity index is 569. The molecule has 0 aromatic rings. The fraction of sp³-hybridized carbons (Fsp3) is 0.562. The predicted octanol–water partition coefficient (Wildman–Crippen LogP) is -0.617. The lowest BCUT2D eigenvalue weighted by molar-refractivity contribution is -0.137. The van der Waals surface area contributed by atoms with Gasteiger partial charge in [-0.15, -0.1) is 0 Å². The Labute approximate surface area is 135 Å². The first-order chi connectivity index (χ1) is 11.2. The van der Waals surface area contributed by atoms with Crippen LogP contribution in [-0.2, 0) is 9.59 Å². The van der Waals surface area contributed by atoms with E-state index in [4.69, 9.17) is 0 Å². The molecular weight excluding hydrogens is 294 g/mol. The van der Waals surface area contributed by atoms with Crippen LogP contribution in [-0.4, -0.2) is 61.7 Å². The van der Waals surface area contributed by atoms with Crippen molar-refractivity contribution in [1.82, 2.24) is 20.9 Å². The number of nitrogens with zero attached hydrogens (tertiary/aromatic N) is 2. The summed E-state index contributed by atoms with van der Waals surface area (Å²) >= 11 is 0. The molecule has 0 saturated carbocycles. The van der Waals surface area contributed by atoms with Crippen molar-refractivity contribution in [2.24, 2.45) is 10.9 Å². The van der Waals surface area contributed by atoms with Gasteiger partial charge < -0.3 is 20.9 Å². The van der Waals surface area contributed by atoms with Crippen LogP contribution in [0.15, 0.2) is 29.0 Å². The molecule has 7 nitrogen and oxygen atoms in total. The number of nitrogens with one attached hydrogen (secondary N) is 3. The third kappa shape index (κ3) is 3.44. The first kappa shape index (κ1) is 15.7. The fourth-order valence-corrected chi connectivity index (χ4v) is 3.30. The Hall–Kier alpha value is -2.15. The molecule has 0 aliphatic carbocycles. The lowest BCUT2D eigenvalue weighted by atomic mass is 10.0. The monoisotopic (exact) mass is 317 g/mol. The van der Waals surface area contributed by atoms with Crippen LogP contribution in [0.5, 0.6) is 0 Å². The summed E-state index contributed by atoms with van der Waals surface area (Å²) in [6.45, 7) is 1.38. The van der Waals surface area contributed by atoms with Gasteiger partial charge in [0.05, 0.1) is 19.1 Å². The number of carbonyl (C=O) groups is 2. The maximum absolute atomic E-state index is 12.4. The van der Waals surface area contributed by atoms with Crippen molar-refractivity contribution in [2.75, 3.05) is 26.7 Å². The molecule has 0 radical (unpaired) electrons. The summed E-state index contributed by atoms with van der Waals surface area (Å²) in [5.41, 5.74) is 0.998. The average Bonchev–Trinajstić information content (AvgIpc) is 3.19. The van der Waals surface area contributed by atoms with Gasteiger partial charge >= 0.3 is 0 Å². The van der Waals surface area contributed by atoms with E-state index in [0.29, 0.717) is 13.1 Å². The quantitative estimate of drug-likeness (QED) is 0.631. The van der Waals surface area contributed by atoms with Crippen molar-refractivity contribution in [1.29, 1.82) is 0 Å². The maximum atomic E-state index is 12.4. The van der Waals surface area contributed by atoms with Gasteiger partial charge in [0.1, 0.15) is 6.04 Å². The highest BCUT2D eigenvalue weighted by atomic mass is 16.2. The number of rotatable bonds is 5. The predicted molar refractivity (Wildman–Crippen MR) is 87.8 cm³/mol. The van der Waals surface area contributed by atoms with E-state index < -0.39 is 0 Å². The normalized spacial score (nSPS) is 28.3. The summed E-state index contributed by atoms with van der Waals surface area (Å²) in [6, 6.07) is -0.110. The van der Waals surface area contributed by atoms with Crippen LogP contribution in [0.2, 0.25) is 0 Å². The molecule has 0 spiro atoms. The average molecular weight is 317 g/mol. The third-order valence-electron chi connectivity index (χ3n) is 4.45. The van der Waals surface area contributed by atoms with E-state index in [9.17, 15) is 9.59 Å². The van der Waals surface area contributed by atoms with Gasteiger partial charge in [-0.2, -0.15) is 0 Å². The number of fused-ring (bicyclic) bond motifs is 1. The number of carbonyl (C=O) groups excluding carboxylic acids is 2. The third-order valence-corrected chi connectivity index (χ3v) is 4.45. The summed E-state index contributed by atoms with van der Waals surface area (Å²) in [5, 5.41) is 9.17. The maximum Gasteiger partial charge on any atom is 0.243 e. The molecule has 3 atom stereocenters. The molecule has 3 aliphatic rings. The minimum Gasteiger partial charge on any atom is -0.380 e. The zero-order chi connectivity index (χ0) is 16.2. The minimum atomic E-state index is -0.346. The number of aliphatic imine (C=N–C) groups is 1. The summed E-state index contributed by atoms with van der Waals surface area (Å²) in [7, 11) is 1.73. The van der Waals surface area contributed by atoms with Crippen molar-refractivity contribution in [3.8, 4) is 0 Å². The lowest BCUT2D eigenvalue weighted by Gasteiger charge is -2.24. The first-order valence-electron chi connectivity index (χ1n) is 8.08. The lowest BCUT2D eigenvalue weighted by Crippen LogP contribution is -2.48. The molecule has 0 aromatic heterocycles. The Kier molecular flexibility index (Phi) is 4.76. The molecule has 3 unspecified atom stereocenters. The molecule has 124 valence electrons. The van der Waals surface area contributed by atoms with Crippen molar-refractivity contribution < 1.29 is 9.59 Å². The highest BCUT2D eigenvalue weighted by molar-refractivity contribution is 5.89. The second-order valence-electron chi connectivity index (χ2n) is 6.07. The minimum absolute atomic E-state index is 0.0178. The first-order valence-corrected chi connectivity index (χ1v) is 8.08. The molecule has 2 amide bonds. The van der Waals surface area contributed by atoms with Crippen LogP contribution >= 0.6 is 0 Å². The summed E-state index contributed by atoms with van der Waals surface area (Å²) in [4.78, 5) is 30.3. The molecule has 3 heterocycles. The van der Waals surface area contributed by atoms with Crippen LogP contribution in [0.4, 0.5) is 0 Å². The van der Waals surface area contributed by atoms with E-state index in [1.807, 2.05) is 12.3 Å². The highest BCUT2D eigenvalue weighted by Crippen LogP contribution is 2.20. The Balaban J connectivity index is 1.52. The zero-order valence-corrected chi connectivity index (χ0v) is 13.3. The van der Waals surface area contributed by atoms with E-state index in [1.54, 1.807) is 18.1 Å². The van der Waals surface area contributed by atoms with E-state index in [0.717, 1.165) is 18.5 Å². The summed E-state index contributed by atoms with van der Waals surface area (Å²) in [6.07, 6.45) is 9.41. The van der Waals surface area contributed by atoms with E-state index in [1.165, 1.54) is 0 Å². The van der Waals surface area contributed by atoms with Crippen LogP contribution in [0.3, 0.4) is 0 Å². The Morgan fingerprint density at radius 3 is 3.13 bits per heavy atom. The molecule has 1 fully saturated rings. The van der Waals surface area contributed by atoms with Gasteiger partial charge in [-0.3, -0.25) is 14.6 Å². The van der Waals surface area contributed by atoms with E-state index in [2.05, 4.69) is 27.0 Å². The van der Waals surface area contributed by atoms with E-state index in [-0.39, 0.29) is 36.4 Å². The molecule has 3 rings (SSSR count). The summed E-state index contributed by atoms with van der Waals surface area (Å²) < 4.78 is 0. The second kappa shape index (κ2) is 6.95. The highest BCUT2D eigenvalue weighted by Gasteiger charge is 2.34. The number of likely N-dealkylation sites (N-methyl/N-ethyl adjacent to an activating group) is 1. The van der Waals surface area contributed by atoms with Crippen molar-refractivity contribution >= 4 is 18.0 Å². The van der Waals surface area contributed by atoms with Gasteiger partial charge in [0.2, 0.25) is 11.8 Å². The molecule has 0 bridgehead atoms. The number of hydrogen-bond acceptors (Lipinski definition) is 5. The molecule has 3 N–H and O–H groups in total. The van der Waals surface area contributed by atoms with Gasteiger partial charge in [0, 0.05) is 30.6 Å². The SMILES string of the molecule is CNCC(=O)N1CCCC1C(=O)NCC1=CC2C=NC=CC2N1. The molecule has 23 heavy (non-hydrogen) atoms. The topological polar surface area (TPSA) is 85.8 Å². The standard InChI is InChI=1S/C16H23N5O2/c1-17-10-15(22)21-6-2-3-14(21)16(23)19-9-12-7-11-8-18-5-4-13(11)20-12/h4-5,7-8,11,13-14,17,20H,2-3,6,9-10H2,1H3,(H,19,23). The van der Waals surface area contributed by atoms with Crippen molar-refractivity contribution in [2.45, 2.75) is 24.9 Å². The molecule has 0 aromatic carbocycles. The smallest absolute Gasteiger partial charge is 0.243 e. The van der Waals surface area contributed by atoms with Crippen molar-refractivity contribution in [3.05, 3.63) is 24.0 Å². The van der Waals surface area contributed by atoms with Gasteiger partial charge in [-0.1, -0.05) is 6.08 Å². The molecule has 1 saturated heterocycles. The van der Waals surface area contributed by atoms with Gasteiger partial charge in [0.15, 0.2) is 0 Å². The van der Waals surface area contributed by atoms with Crippen LogP contribution < -0.4 is 16.0 Å². The van der Waals surface area contributed by atoms with Gasteiger partial charge in [-0.25, -0.2) is 0 Å². The van der Waals surface area contributed by atoms with Crippen LogP contribution in [0, 0.1) is 5.92 Å². The summed E-state index contributed by atoms with van der Waals surface area (Å²) in [5.74, 6) is 0.163. The van der Waals surface area contributed by atoms with Gasteiger partial charge in [0.25, 0.3) is 0 Å². The zero-order valence-electron chi connectivity index (χ0n) is 13.3. The number of amides is 2. The molecule has 3 aliphatic heterocycles. The molecule has 7 heteroatoms. The van der Waals surface area contributed by atoms with Crippen LogP contribution in [0.25, 0.3) is 0 Å². The Morgan fingerprint density at radius 2 is 2.35 bits per heavy atom. The number of hydrogen-bond donors (Lipinski definition) is 3. The largest absolute Gasteiger partial charge is 0.380 e. The second-order valence-corrected chi connectivity index (χ2v) is 6.07. The van der Waals surface area contributed by atoms with Crippen LogP contribution in [0.1, 0.15) is 12.8 Å².